The van der Waals surface area contributed by atoms with E-state index >= 15 is 0 Å². The number of nitro groups is 1. The SMILES string of the molecule is C=C(NNC(=O)Cc1cccn1C)c1ccc([N+](=O)[O-])cc1. The Bertz CT molecular complexity index is 704. The molecule has 1 aromatic carbocycles. The van der Waals surface area contributed by atoms with Crippen LogP contribution in [-0.4, -0.2) is 15.4 Å². The molecule has 22 heavy (non-hydrogen) atoms. The second kappa shape index (κ2) is 6.57. The summed E-state index contributed by atoms with van der Waals surface area (Å²) in [6, 6.07) is 9.63. The van der Waals surface area contributed by atoms with Crippen molar-refractivity contribution < 1.29 is 9.72 Å². The van der Waals surface area contributed by atoms with Gasteiger partial charge in [0, 0.05) is 31.1 Å². The first-order chi connectivity index (χ1) is 10.5. The van der Waals surface area contributed by atoms with Crippen molar-refractivity contribution in [3.63, 3.8) is 0 Å². The number of nitrogens with zero attached hydrogens (tertiary/aromatic N) is 2. The lowest BCUT2D eigenvalue weighted by Gasteiger charge is -2.11. The van der Waals surface area contributed by atoms with Gasteiger partial charge in [0.05, 0.1) is 17.0 Å². The van der Waals surface area contributed by atoms with Crippen LogP contribution in [-0.2, 0) is 18.3 Å². The highest BCUT2D eigenvalue weighted by molar-refractivity contribution is 5.79. The minimum Gasteiger partial charge on any atom is -0.354 e. The first-order valence-electron chi connectivity index (χ1n) is 6.56. The number of hydrazine groups is 1. The van der Waals surface area contributed by atoms with Gasteiger partial charge in [-0.3, -0.25) is 25.8 Å². The molecule has 1 heterocycles. The van der Waals surface area contributed by atoms with Crippen molar-refractivity contribution in [1.82, 2.24) is 15.4 Å². The molecule has 0 aliphatic rings. The number of hydrogen-bond acceptors (Lipinski definition) is 4. The molecule has 2 rings (SSSR count). The van der Waals surface area contributed by atoms with Crippen molar-refractivity contribution in [3.8, 4) is 0 Å². The molecule has 1 aromatic heterocycles. The van der Waals surface area contributed by atoms with Gasteiger partial charge in [-0.2, -0.15) is 0 Å². The van der Waals surface area contributed by atoms with E-state index in [2.05, 4.69) is 17.4 Å². The lowest BCUT2D eigenvalue weighted by Crippen LogP contribution is -2.37. The van der Waals surface area contributed by atoms with Gasteiger partial charge in [0.15, 0.2) is 0 Å². The zero-order valence-corrected chi connectivity index (χ0v) is 12.1. The Morgan fingerprint density at radius 1 is 1.27 bits per heavy atom. The van der Waals surface area contributed by atoms with Crippen LogP contribution in [0.3, 0.4) is 0 Å². The summed E-state index contributed by atoms with van der Waals surface area (Å²) in [7, 11) is 1.87. The number of aryl methyl sites for hydroxylation is 1. The van der Waals surface area contributed by atoms with Gasteiger partial charge in [-0.1, -0.05) is 6.58 Å². The highest BCUT2D eigenvalue weighted by Gasteiger charge is 2.08. The van der Waals surface area contributed by atoms with E-state index in [0.29, 0.717) is 11.3 Å². The van der Waals surface area contributed by atoms with Gasteiger partial charge in [-0.25, -0.2) is 0 Å². The third-order valence-corrected chi connectivity index (χ3v) is 3.17. The van der Waals surface area contributed by atoms with Crippen LogP contribution >= 0.6 is 0 Å². The van der Waals surface area contributed by atoms with Gasteiger partial charge in [-0.05, 0) is 29.8 Å². The number of hydrogen-bond donors (Lipinski definition) is 2. The number of aromatic nitrogens is 1. The van der Waals surface area contributed by atoms with E-state index in [0.717, 1.165) is 5.69 Å². The number of nitro benzene ring substituents is 1. The molecule has 0 unspecified atom stereocenters. The monoisotopic (exact) mass is 300 g/mol. The maximum absolute atomic E-state index is 11.8. The van der Waals surface area contributed by atoms with E-state index in [4.69, 9.17) is 0 Å². The molecule has 7 nitrogen and oxygen atoms in total. The van der Waals surface area contributed by atoms with Crippen molar-refractivity contribution in [2.24, 2.45) is 7.05 Å². The molecule has 0 bridgehead atoms. The molecular weight excluding hydrogens is 284 g/mol. The van der Waals surface area contributed by atoms with Crippen LogP contribution in [0.1, 0.15) is 11.3 Å². The van der Waals surface area contributed by atoms with Crippen molar-refractivity contribution in [2.75, 3.05) is 0 Å². The van der Waals surface area contributed by atoms with Crippen LogP contribution < -0.4 is 10.9 Å². The Balaban J connectivity index is 1.88. The molecule has 0 fully saturated rings. The predicted molar refractivity (Wildman–Crippen MR) is 82.5 cm³/mol. The van der Waals surface area contributed by atoms with Crippen molar-refractivity contribution in [3.05, 3.63) is 70.5 Å². The maximum atomic E-state index is 11.8. The van der Waals surface area contributed by atoms with Crippen LogP contribution in [0, 0.1) is 10.1 Å². The Labute approximate surface area is 127 Å². The lowest BCUT2D eigenvalue weighted by molar-refractivity contribution is -0.384. The fourth-order valence-electron chi connectivity index (χ4n) is 1.89. The average Bonchev–Trinajstić information content (AvgIpc) is 2.90. The number of benzene rings is 1. The van der Waals surface area contributed by atoms with Gasteiger partial charge in [0.2, 0.25) is 5.91 Å². The molecule has 2 aromatic rings. The summed E-state index contributed by atoms with van der Waals surface area (Å²) in [5.41, 5.74) is 7.26. The molecule has 7 heteroatoms. The molecule has 2 N–H and O–H groups in total. The van der Waals surface area contributed by atoms with Crippen molar-refractivity contribution in [2.45, 2.75) is 6.42 Å². The molecule has 0 saturated heterocycles. The third-order valence-electron chi connectivity index (χ3n) is 3.17. The minimum atomic E-state index is -0.471. The smallest absolute Gasteiger partial charge is 0.269 e. The number of carbonyl (C=O) groups is 1. The Morgan fingerprint density at radius 3 is 2.50 bits per heavy atom. The van der Waals surface area contributed by atoms with Crippen LogP contribution in [0.4, 0.5) is 5.69 Å². The summed E-state index contributed by atoms with van der Waals surface area (Å²) in [6.07, 6.45) is 2.11. The Kier molecular flexibility index (Phi) is 4.57. The van der Waals surface area contributed by atoms with Crippen LogP contribution in [0.25, 0.3) is 5.70 Å². The fraction of sp³-hybridized carbons (Fsp3) is 0.133. The van der Waals surface area contributed by atoms with E-state index in [1.54, 1.807) is 12.1 Å². The van der Waals surface area contributed by atoms with E-state index in [1.165, 1.54) is 12.1 Å². The second-order valence-corrected chi connectivity index (χ2v) is 4.74. The summed E-state index contributed by atoms with van der Waals surface area (Å²) in [5.74, 6) is -0.204. The standard InChI is InChI=1S/C15H16N4O3/c1-11(12-5-7-13(8-6-12)19(21)22)16-17-15(20)10-14-4-3-9-18(14)2/h3-9,16H,1,10H2,2H3,(H,17,20). The molecule has 0 saturated carbocycles. The summed E-state index contributed by atoms with van der Waals surface area (Å²) >= 11 is 0. The van der Waals surface area contributed by atoms with Crippen molar-refractivity contribution >= 4 is 17.3 Å². The topological polar surface area (TPSA) is 89.2 Å². The minimum absolute atomic E-state index is 0.00398. The van der Waals surface area contributed by atoms with Crippen LogP contribution in [0.5, 0.6) is 0 Å². The largest absolute Gasteiger partial charge is 0.354 e. The third kappa shape index (κ3) is 3.72. The lowest BCUT2D eigenvalue weighted by atomic mass is 10.1. The Hall–Kier alpha value is -3.09. The highest BCUT2D eigenvalue weighted by Crippen LogP contribution is 2.15. The first-order valence-corrected chi connectivity index (χ1v) is 6.56. The number of carbonyl (C=O) groups excluding carboxylic acids is 1. The maximum Gasteiger partial charge on any atom is 0.269 e. The first kappa shape index (κ1) is 15.3. The quantitative estimate of drug-likeness (QED) is 0.628. The number of nitrogens with one attached hydrogen (secondary N) is 2. The zero-order chi connectivity index (χ0) is 16.1. The van der Waals surface area contributed by atoms with Gasteiger partial charge in [0.25, 0.3) is 5.69 Å². The molecule has 0 aliphatic carbocycles. The summed E-state index contributed by atoms with van der Waals surface area (Å²) in [6.45, 7) is 3.79. The molecule has 0 radical (unpaired) electrons. The average molecular weight is 300 g/mol. The normalized spacial score (nSPS) is 10.0. The number of amides is 1. The van der Waals surface area contributed by atoms with Crippen LogP contribution in [0.15, 0.2) is 49.2 Å². The molecule has 0 spiro atoms. The molecular formula is C15H16N4O3. The highest BCUT2D eigenvalue weighted by atomic mass is 16.6. The molecule has 1 amide bonds. The van der Waals surface area contributed by atoms with Gasteiger partial charge in [0.1, 0.15) is 0 Å². The van der Waals surface area contributed by atoms with Gasteiger partial charge in [-0.15, -0.1) is 0 Å². The number of non-ortho nitro benzene ring substituents is 1. The zero-order valence-electron chi connectivity index (χ0n) is 12.1. The summed E-state index contributed by atoms with van der Waals surface area (Å²) < 4.78 is 1.87. The van der Waals surface area contributed by atoms with E-state index in [1.807, 2.05) is 29.9 Å². The van der Waals surface area contributed by atoms with Gasteiger partial charge >= 0.3 is 0 Å². The van der Waals surface area contributed by atoms with Crippen molar-refractivity contribution in [1.29, 1.82) is 0 Å². The van der Waals surface area contributed by atoms with E-state index in [9.17, 15) is 14.9 Å². The Morgan fingerprint density at radius 2 is 1.95 bits per heavy atom. The van der Waals surface area contributed by atoms with E-state index < -0.39 is 4.92 Å². The molecule has 114 valence electrons. The molecule has 0 atom stereocenters. The summed E-state index contributed by atoms with van der Waals surface area (Å²) in [4.78, 5) is 21.9. The second-order valence-electron chi connectivity index (χ2n) is 4.74. The van der Waals surface area contributed by atoms with E-state index in [-0.39, 0.29) is 18.0 Å². The van der Waals surface area contributed by atoms with Crippen LogP contribution in [0.2, 0.25) is 0 Å². The fourth-order valence-corrected chi connectivity index (χ4v) is 1.89. The molecule has 0 aliphatic heterocycles. The number of rotatable bonds is 6. The summed E-state index contributed by atoms with van der Waals surface area (Å²) in [5, 5.41) is 10.6. The predicted octanol–water partition coefficient (Wildman–Crippen LogP) is 1.77. The van der Waals surface area contributed by atoms with Gasteiger partial charge < -0.3 is 4.57 Å².